The van der Waals surface area contributed by atoms with Crippen LogP contribution in [0, 0.1) is 12.8 Å². The summed E-state index contributed by atoms with van der Waals surface area (Å²) in [7, 11) is 0. The summed E-state index contributed by atoms with van der Waals surface area (Å²) in [6.45, 7) is 5.15. The standard InChI is InChI=1S/C19H23N3O3S/c1-3-25-19(24)22-10-4-5-15(11-22)18(23)21-16-8-6-14(7-9-16)17-12-26-13(2)20-17/h6-9,12,15H,3-5,10-11H2,1-2H3,(H,21,23)/t15-/m1/s1. The van der Waals surface area contributed by atoms with Crippen molar-refractivity contribution in [3.63, 3.8) is 0 Å². The Bertz CT molecular complexity index is 773. The molecule has 1 aliphatic rings. The highest BCUT2D eigenvalue weighted by Crippen LogP contribution is 2.24. The molecule has 3 rings (SSSR count). The normalized spacial score (nSPS) is 17.0. The Morgan fingerprint density at radius 2 is 2.12 bits per heavy atom. The van der Waals surface area contributed by atoms with Gasteiger partial charge in [-0.25, -0.2) is 9.78 Å². The molecular formula is C19H23N3O3S. The molecule has 0 radical (unpaired) electrons. The third kappa shape index (κ3) is 4.40. The summed E-state index contributed by atoms with van der Waals surface area (Å²) in [5, 5.41) is 6.00. The molecule has 1 aromatic heterocycles. The Balaban J connectivity index is 1.59. The Morgan fingerprint density at radius 1 is 1.35 bits per heavy atom. The van der Waals surface area contributed by atoms with Crippen molar-refractivity contribution in [2.24, 2.45) is 5.92 Å². The number of ether oxygens (including phenoxy) is 1. The van der Waals surface area contributed by atoms with Gasteiger partial charge >= 0.3 is 6.09 Å². The van der Waals surface area contributed by atoms with Crippen LogP contribution in [0.15, 0.2) is 29.6 Å². The molecule has 1 aromatic carbocycles. The van der Waals surface area contributed by atoms with Gasteiger partial charge in [-0.3, -0.25) is 4.79 Å². The summed E-state index contributed by atoms with van der Waals surface area (Å²) in [6.07, 6.45) is 1.24. The quantitative estimate of drug-likeness (QED) is 0.881. The molecule has 2 amide bonds. The Labute approximate surface area is 157 Å². The number of nitrogens with zero attached hydrogens (tertiary/aromatic N) is 2. The second-order valence-corrected chi connectivity index (χ2v) is 7.36. The number of aromatic nitrogens is 1. The molecule has 1 aliphatic heterocycles. The van der Waals surface area contributed by atoms with Crippen molar-refractivity contribution in [3.8, 4) is 11.3 Å². The van der Waals surface area contributed by atoms with Crippen LogP contribution in [0.4, 0.5) is 10.5 Å². The van der Waals surface area contributed by atoms with Gasteiger partial charge in [0.15, 0.2) is 0 Å². The zero-order valence-electron chi connectivity index (χ0n) is 15.0. The van der Waals surface area contributed by atoms with E-state index in [4.69, 9.17) is 4.74 Å². The third-order valence-corrected chi connectivity index (χ3v) is 5.16. The predicted molar refractivity (Wildman–Crippen MR) is 102 cm³/mol. The number of rotatable bonds is 4. The van der Waals surface area contributed by atoms with Crippen LogP contribution < -0.4 is 5.32 Å². The van der Waals surface area contributed by atoms with Crippen molar-refractivity contribution in [1.29, 1.82) is 0 Å². The van der Waals surface area contributed by atoms with Crippen molar-refractivity contribution >= 4 is 29.0 Å². The molecule has 0 bridgehead atoms. The molecule has 0 saturated carbocycles. The molecule has 1 N–H and O–H groups in total. The Morgan fingerprint density at radius 3 is 2.77 bits per heavy atom. The Kier molecular flexibility index (Phi) is 5.88. The molecule has 6 nitrogen and oxygen atoms in total. The predicted octanol–water partition coefficient (Wildman–Crippen LogP) is 3.93. The number of aryl methyl sites for hydroxylation is 1. The van der Waals surface area contributed by atoms with Gasteiger partial charge in [-0.2, -0.15) is 0 Å². The van der Waals surface area contributed by atoms with Crippen LogP contribution in [-0.4, -0.2) is 41.6 Å². The lowest BCUT2D eigenvalue weighted by Gasteiger charge is -2.31. The highest BCUT2D eigenvalue weighted by atomic mass is 32.1. The molecule has 138 valence electrons. The van der Waals surface area contributed by atoms with Crippen LogP contribution >= 0.6 is 11.3 Å². The first kappa shape index (κ1) is 18.4. The summed E-state index contributed by atoms with van der Waals surface area (Å²) in [5.74, 6) is -0.273. The monoisotopic (exact) mass is 373 g/mol. The lowest BCUT2D eigenvalue weighted by molar-refractivity contribution is -0.121. The SMILES string of the molecule is CCOC(=O)N1CCC[C@@H](C(=O)Nc2ccc(-c3csc(C)n3)cc2)C1. The van der Waals surface area contributed by atoms with Crippen LogP contribution in [0.25, 0.3) is 11.3 Å². The number of amides is 2. The topological polar surface area (TPSA) is 71.5 Å². The van der Waals surface area contributed by atoms with E-state index in [0.717, 1.165) is 34.8 Å². The maximum absolute atomic E-state index is 12.6. The number of hydrogen-bond acceptors (Lipinski definition) is 5. The lowest BCUT2D eigenvalue weighted by Crippen LogP contribution is -2.44. The largest absolute Gasteiger partial charge is 0.450 e. The van der Waals surface area contributed by atoms with Crippen LogP contribution in [0.1, 0.15) is 24.8 Å². The summed E-state index contributed by atoms with van der Waals surface area (Å²) < 4.78 is 5.03. The number of nitrogens with one attached hydrogen (secondary N) is 1. The molecule has 7 heteroatoms. The number of hydrogen-bond donors (Lipinski definition) is 1. The number of piperidine rings is 1. The summed E-state index contributed by atoms with van der Waals surface area (Å²) >= 11 is 1.62. The lowest BCUT2D eigenvalue weighted by atomic mass is 9.97. The van der Waals surface area contributed by atoms with E-state index in [1.807, 2.05) is 36.6 Å². The van der Waals surface area contributed by atoms with E-state index in [1.54, 1.807) is 23.2 Å². The molecule has 2 heterocycles. The van der Waals surface area contributed by atoms with Crippen LogP contribution in [-0.2, 0) is 9.53 Å². The van der Waals surface area contributed by atoms with E-state index in [0.29, 0.717) is 19.7 Å². The third-order valence-electron chi connectivity index (χ3n) is 4.39. The molecule has 0 unspecified atom stereocenters. The maximum Gasteiger partial charge on any atom is 0.409 e. The minimum Gasteiger partial charge on any atom is -0.450 e. The molecule has 2 aromatic rings. The van der Waals surface area contributed by atoms with Crippen LogP contribution in [0.3, 0.4) is 0 Å². The van der Waals surface area contributed by atoms with Gasteiger partial charge in [-0.1, -0.05) is 12.1 Å². The molecule has 26 heavy (non-hydrogen) atoms. The van der Waals surface area contributed by atoms with Crippen molar-refractivity contribution in [2.75, 3.05) is 25.0 Å². The summed E-state index contributed by atoms with van der Waals surface area (Å²) in [6, 6.07) is 7.67. The van der Waals surface area contributed by atoms with Gasteiger partial charge in [-0.05, 0) is 38.8 Å². The van der Waals surface area contributed by atoms with E-state index < -0.39 is 0 Å². The molecule has 0 aliphatic carbocycles. The van der Waals surface area contributed by atoms with E-state index in [1.165, 1.54) is 0 Å². The number of thiazole rings is 1. The second-order valence-electron chi connectivity index (χ2n) is 6.30. The first-order valence-corrected chi connectivity index (χ1v) is 9.70. The van der Waals surface area contributed by atoms with Gasteiger partial charge in [0.05, 0.1) is 23.2 Å². The molecule has 0 spiro atoms. The van der Waals surface area contributed by atoms with Crippen molar-refractivity contribution in [2.45, 2.75) is 26.7 Å². The maximum atomic E-state index is 12.6. The fraction of sp³-hybridized carbons (Fsp3) is 0.421. The fourth-order valence-electron chi connectivity index (χ4n) is 3.04. The van der Waals surface area contributed by atoms with Gasteiger partial charge in [-0.15, -0.1) is 11.3 Å². The zero-order valence-corrected chi connectivity index (χ0v) is 15.8. The summed E-state index contributed by atoms with van der Waals surface area (Å²) in [5.41, 5.74) is 2.72. The van der Waals surface area contributed by atoms with E-state index in [-0.39, 0.29) is 17.9 Å². The highest BCUT2D eigenvalue weighted by molar-refractivity contribution is 7.09. The van der Waals surface area contributed by atoms with E-state index >= 15 is 0 Å². The number of benzene rings is 1. The van der Waals surface area contributed by atoms with E-state index in [2.05, 4.69) is 10.3 Å². The first-order valence-electron chi connectivity index (χ1n) is 8.82. The van der Waals surface area contributed by atoms with Gasteiger partial charge in [0.2, 0.25) is 5.91 Å². The van der Waals surface area contributed by atoms with Gasteiger partial charge in [0.1, 0.15) is 0 Å². The van der Waals surface area contributed by atoms with Crippen molar-refractivity contribution < 1.29 is 14.3 Å². The Hall–Kier alpha value is -2.41. The second kappa shape index (κ2) is 8.31. The van der Waals surface area contributed by atoms with Gasteiger partial charge < -0.3 is 15.0 Å². The minimum atomic E-state index is -0.340. The first-order chi connectivity index (χ1) is 12.6. The average molecular weight is 373 g/mol. The number of carbonyl (C=O) groups excluding carboxylic acids is 2. The number of anilines is 1. The minimum absolute atomic E-state index is 0.0590. The van der Waals surface area contributed by atoms with Gasteiger partial charge in [0, 0.05) is 29.7 Å². The molecule has 1 saturated heterocycles. The van der Waals surface area contributed by atoms with Crippen LogP contribution in [0.2, 0.25) is 0 Å². The zero-order chi connectivity index (χ0) is 18.5. The molecule has 1 atom stereocenters. The smallest absolute Gasteiger partial charge is 0.409 e. The number of carbonyl (C=O) groups is 2. The average Bonchev–Trinajstić information content (AvgIpc) is 3.09. The van der Waals surface area contributed by atoms with Crippen molar-refractivity contribution in [3.05, 3.63) is 34.7 Å². The number of likely N-dealkylation sites (tertiary alicyclic amines) is 1. The highest BCUT2D eigenvalue weighted by Gasteiger charge is 2.29. The van der Waals surface area contributed by atoms with Crippen molar-refractivity contribution in [1.82, 2.24) is 9.88 Å². The van der Waals surface area contributed by atoms with Gasteiger partial charge in [0.25, 0.3) is 0 Å². The summed E-state index contributed by atoms with van der Waals surface area (Å²) in [4.78, 5) is 30.5. The molecule has 1 fully saturated rings. The molecular weight excluding hydrogens is 350 g/mol. The van der Waals surface area contributed by atoms with Crippen LogP contribution in [0.5, 0.6) is 0 Å². The fourth-order valence-corrected chi connectivity index (χ4v) is 3.66. The van der Waals surface area contributed by atoms with E-state index in [9.17, 15) is 9.59 Å².